The highest BCUT2D eigenvalue weighted by Crippen LogP contribution is 2.21. The molecule has 0 saturated carbocycles. The maximum Gasteiger partial charge on any atom is 0.225 e. The van der Waals surface area contributed by atoms with Crippen molar-refractivity contribution in [2.75, 3.05) is 6.54 Å². The summed E-state index contributed by atoms with van der Waals surface area (Å²) in [6, 6.07) is 8.31. The van der Waals surface area contributed by atoms with Crippen LogP contribution in [0.4, 0.5) is 0 Å². The minimum absolute atomic E-state index is 0.0456. The highest BCUT2D eigenvalue weighted by molar-refractivity contribution is 7.09. The minimum Gasteiger partial charge on any atom is -0.350 e. The normalized spacial score (nSPS) is 17.1. The molecule has 0 bridgehead atoms. The zero-order chi connectivity index (χ0) is 17.8. The third-order valence-corrected chi connectivity index (χ3v) is 5.32. The van der Waals surface area contributed by atoms with Crippen molar-refractivity contribution < 1.29 is 9.59 Å². The smallest absolute Gasteiger partial charge is 0.225 e. The van der Waals surface area contributed by atoms with Gasteiger partial charge in [0.25, 0.3) is 0 Å². The fraction of sp³-hybridized carbons (Fsp3) is 0.421. The average Bonchev–Trinajstić information content (AvgIpc) is 3.19. The SMILES string of the molecule is CCc1ccc(CN2C[C@H](C(=O)NCc3csc(C)n3)CC2=O)cc1. The molecular formula is C19H23N3O2S. The summed E-state index contributed by atoms with van der Waals surface area (Å²) in [5.74, 6) is -0.297. The van der Waals surface area contributed by atoms with Crippen molar-refractivity contribution in [1.82, 2.24) is 15.2 Å². The fourth-order valence-corrected chi connectivity index (χ4v) is 3.63. The average molecular weight is 357 g/mol. The summed E-state index contributed by atoms with van der Waals surface area (Å²) in [6.07, 6.45) is 1.29. The Morgan fingerprint density at radius 3 is 2.68 bits per heavy atom. The summed E-state index contributed by atoms with van der Waals surface area (Å²) in [6.45, 7) is 5.53. The van der Waals surface area contributed by atoms with Gasteiger partial charge in [0.15, 0.2) is 0 Å². The number of benzene rings is 1. The van der Waals surface area contributed by atoms with Crippen molar-refractivity contribution in [2.45, 2.75) is 39.8 Å². The van der Waals surface area contributed by atoms with Crippen LogP contribution in [0.2, 0.25) is 0 Å². The van der Waals surface area contributed by atoms with Crippen LogP contribution in [0.25, 0.3) is 0 Å². The van der Waals surface area contributed by atoms with Gasteiger partial charge in [-0.1, -0.05) is 31.2 Å². The predicted molar refractivity (Wildman–Crippen MR) is 98.0 cm³/mol. The molecule has 2 amide bonds. The molecule has 1 aromatic carbocycles. The number of likely N-dealkylation sites (tertiary alicyclic amines) is 1. The number of nitrogens with one attached hydrogen (secondary N) is 1. The maximum absolute atomic E-state index is 12.3. The molecule has 1 fully saturated rings. The Balaban J connectivity index is 1.53. The molecule has 1 atom stereocenters. The van der Waals surface area contributed by atoms with Crippen molar-refractivity contribution in [3.05, 3.63) is 51.5 Å². The van der Waals surface area contributed by atoms with Crippen LogP contribution in [-0.2, 0) is 29.1 Å². The van der Waals surface area contributed by atoms with Gasteiger partial charge in [0.05, 0.1) is 23.2 Å². The number of nitrogens with zero attached hydrogens (tertiary/aromatic N) is 2. The quantitative estimate of drug-likeness (QED) is 0.865. The second-order valence-corrected chi connectivity index (χ2v) is 7.48. The largest absolute Gasteiger partial charge is 0.350 e. The van der Waals surface area contributed by atoms with Crippen LogP contribution in [0.1, 0.15) is 35.2 Å². The van der Waals surface area contributed by atoms with Gasteiger partial charge in [0.2, 0.25) is 11.8 Å². The number of aromatic nitrogens is 1. The fourth-order valence-electron chi connectivity index (χ4n) is 3.01. The van der Waals surface area contributed by atoms with Crippen molar-refractivity contribution >= 4 is 23.2 Å². The van der Waals surface area contributed by atoms with Gasteiger partial charge in [-0.25, -0.2) is 4.98 Å². The standard InChI is InChI=1S/C19H23N3O2S/c1-3-14-4-6-15(7-5-14)10-22-11-16(8-18(22)23)19(24)20-9-17-12-25-13(2)21-17/h4-7,12,16H,3,8-11H2,1-2H3,(H,20,24)/t16-/m1/s1. The predicted octanol–water partition coefficient (Wildman–Crippen LogP) is 2.68. The van der Waals surface area contributed by atoms with E-state index in [9.17, 15) is 9.59 Å². The van der Waals surface area contributed by atoms with Crippen LogP contribution in [0.15, 0.2) is 29.6 Å². The van der Waals surface area contributed by atoms with Crippen LogP contribution in [0.3, 0.4) is 0 Å². The first-order valence-corrected chi connectivity index (χ1v) is 9.47. The number of amides is 2. The van der Waals surface area contributed by atoms with E-state index in [-0.39, 0.29) is 24.2 Å². The van der Waals surface area contributed by atoms with E-state index in [2.05, 4.69) is 41.5 Å². The first-order chi connectivity index (χ1) is 12.0. The van der Waals surface area contributed by atoms with E-state index < -0.39 is 0 Å². The molecule has 132 valence electrons. The second-order valence-electron chi connectivity index (χ2n) is 6.42. The Labute approximate surface area is 152 Å². The van der Waals surface area contributed by atoms with Gasteiger partial charge in [-0.05, 0) is 24.5 Å². The molecule has 1 aromatic heterocycles. The number of aryl methyl sites for hydroxylation is 2. The molecule has 0 radical (unpaired) electrons. The molecular weight excluding hydrogens is 334 g/mol. The van der Waals surface area contributed by atoms with Crippen molar-refractivity contribution in [3.8, 4) is 0 Å². The van der Waals surface area contributed by atoms with Gasteiger partial charge < -0.3 is 10.2 Å². The monoisotopic (exact) mass is 357 g/mol. The van der Waals surface area contributed by atoms with Gasteiger partial charge in [0.1, 0.15) is 0 Å². The number of carbonyl (C=O) groups is 2. The van der Waals surface area contributed by atoms with E-state index in [1.54, 1.807) is 16.2 Å². The van der Waals surface area contributed by atoms with Gasteiger partial charge >= 0.3 is 0 Å². The summed E-state index contributed by atoms with van der Waals surface area (Å²) in [7, 11) is 0. The van der Waals surface area contributed by atoms with Crippen molar-refractivity contribution in [2.24, 2.45) is 5.92 Å². The van der Waals surface area contributed by atoms with Gasteiger partial charge in [-0.3, -0.25) is 9.59 Å². The van der Waals surface area contributed by atoms with Crippen LogP contribution >= 0.6 is 11.3 Å². The first-order valence-electron chi connectivity index (χ1n) is 8.59. The van der Waals surface area contributed by atoms with E-state index in [1.807, 2.05) is 12.3 Å². The molecule has 25 heavy (non-hydrogen) atoms. The van der Waals surface area contributed by atoms with E-state index in [0.29, 0.717) is 19.6 Å². The lowest BCUT2D eigenvalue weighted by atomic mass is 10.1. The zero-order valence-corrected chi connectivity index (χ0v) is 15.4. The maximum atomic E-state index is 12.3. The summed E-state index contributed by atoms with van der Waals surface area (Å²) < 4.78 is 0. The molecule has 1 saturated heterocycles. The van der Waals surface area contributed by atoms with Gasteiger partial charge in [0, 0.05) is 24.9 Å². The van der Waals surface area contributed by atoms with E-state index in [0.717, 1.165) is 22.7 Å². The number of thiazole rings is 1. The van der Waals surface area contributed by atoms with E-state index in [1.165, 1.54) is 5.56 Å². The third kappa shape index (κ3) is 4.45. The second kappa shape index (κ2) is 7.78. The summed E-state index contributed by atoms with van der Waals surface area (Å²) in [5.41, 5.74) is 3.25. The number of carbonyl (C=O) groups excluding carboxylic acids is 2. The Morgan fingerprint density at radius 1 is 1.32 bits per heavy atom. The Kier molecular flexibility index (Phi) is 5.48. The van der Waals surface area contributed by atoms with Crippen molar-refractivity contribution in [1.29, 1.82) is 0 Å². The molecule has 2 aromatic rings. The van der Waals surface area contributed by atoms with Crippen molar-refractivity contribution in [3.63, 3.8) is 0 Å². The molecule has 2 heterocycles. The lowest BCUT2D eigenvalue weighted by molar-refractivity contribution is -0.129. The molecule has 3 rings (SSSR count). The third-order valence-electron chi connectivity index (χ3n) is 4.50. The molecule has 0 spiro atoms. The lowest BCUT2D eigenvalue weighted by Crippen LogP contribution is -2.32. The Bertz CT molecular complexity index is 754. The molecule has 1 N–H and O–H groups in total. The number of hydrogen-bond donors (Lipinski definition) is 1. The molecule has 1 aliphatic heterocycles. The minimum atomic E-state index is -0.276. The topological polar surface area (TPSA) is 62.3 Å². The number of rotatable bonds is 6. The molecule has 1 aliphatic rings. The van der Waals surface area contributed by atoms with Crippen LogP contribution in [-0.4, -0.2) is 28.2 Å². The summed E-state index contributed by atoms with van der Waals surface area (Å²) >= 11 is 1.57. The molecule has 5 nitrogen and oxygen atoms in total. The van der Waals surface area contributed by atoms with Crippen LogP contribution in [0.5, 0.6) is 0 Å². The molecule has 0 unspecified atom stereocenters. The van der Waals surface area contributed by atoms with Crippen LogP contribution < -0.4 is 5.32 Å². The van der Waals surface area contributed by atoms with Gasteiger partial charge in [-0.15, -0.1) is 11.3 Å². The zero-order valence-electron chi connectivity index (χ0n) is 14.6. The Hall–Kier alpha value is -2.21. The molecule has 0 aliphatic carbocycles. The van der Waals surface area contributed by atoms with E-state index in [4.69, 9.17) is 0 Å². The summed E-state index contributed by atoms with van der Waals surface area (Å²) in [5, 5.41) is 5.83. The first kappa shape index (κ1) is 17.6. The highest BCUT2D eigenvalue weighted by Gasteiger charge is 2.34. The molecule has 6 heteroatoms. The lowest BCUT2D eigenvalue weighted by Gasteiger charge is -2.17. The Morgan fingerprint density at radius 2 is 2.04 bits per heavy atom. The summed E-state index contributed by atoms with van der Waals surface area (Å²) in [4.78, 5) is 30.7. The highest BCUT2D eigenvalue weighted by atomic mass is 32.1. The number of hydrogen-bond acceptors (Lipinski definition) is 4. The van der Waals surface area contributed by atoms with Gasteiger partial charge in [-0.2, -0.15) is 0 Å². The van der Waals surface area contributed by atoms with Crippen LogP contribution in [0, 0.1) is 12.8 Å². The van der Waals surface area contributed by atoms with E-state index >= 15 is 0 Å².